The van der Waals surface area contributed by atoms with Crippen LogP contribution in [0.5, 0.6) is 0 Å². The third kappa shape index (κ3) is 5.15. The Hall–Kier alpha value is -0.310. The van der Waals surface area contributed by atoms with E-state index in [-0.39, 0.29) is 0 Å². The number of alkyl halides is 1. The molecule has 1 aromatic carbocycles. The zero-order valence-corrected chi connectivity index (χ0v) is 11.8. The quantitative estimate of drug-likeness (QED) is 0.717. The second kappa shape index (κ2) is 7.88. The summed E-state index contributed by atoms with van der Waals surface area (Å²) in [6.07, 6.45) is 0. The highest BCUT2D eigenvalue weighted by atomic mass is 79.9. The molecule has 0 aliphatic carbocycles. The monoisotopic (exact) mass is 301 g/mol. The Morgan fingerprint density at radius 1 is 1.38 bits per heavy atom. The van der Waals surface area contributed by atoms with Crippen LogP contribution >= 0.6 is 27.5 Å². The lowest BCUT2D eigenvalue weighted by molar-refractivity contribution is 0.308. The van der Waals surface area contributed by atoms with Crippen LogP contribution in [-0.4, -0.2) is 23.3 Å². The number of hydrogen-bond donors (Lipinski definition) is 0. The van der Waals surface area contributed by atoms with Crippen molar-refractivity contribution in [1.29, 1.82) is 0 Å². The second-order valence-corrected chi connectivity index (χ2v) is 4.85. The Labute approximate surface area is 111 Å². The largest absolute Gasteiger partial charge is 0.294 e. The molecule has 0 heterocycles. The van der Waals surface area contributed by atoms with E-state index < -0.39 is 0 Å². The number of rotatable bonds is 6. The van der Waals surface area contributed by atoms with Gasteiger partial charge in [0.2, 0.25) is 0 Å². The third-order valence-corrected chi connectivity index (χ3v) is 3.04. The second-order valence-electron chi connectivity index (χ2n) is 3.84. The molecular weight excluding hydrogens is 286 g/mol. The van der Waals surface area contributed by atoms with Crippen LogP contribution in [0.25, 0.3) is 0 Å². The lowest BCUT2D eigenvalue weighted by Gasteiger charge is -2.21. The van der Waals surface area contributed by atoms with Gasteiger partial charge in [0.05, 0.1) is 0 Å². The maximum absolute atomic E-state index is 5.70. The van der Waals surface area contributed by atoms with E-state index >= 15 is 0 Å². The molecule has 0 fully saturated rings. The number of benzene rings is 1. The fraction of sp³-hybridized carbons (Fsp3) is 0.385. The van der Waals surface area contributed by atoms with Crippen molar-refractivity contribution in [3.8, 4) is 0 Å². The van der Waals surface area contributed by atoms with Crippen LogP contribution in [0.3, 0.4) is 0 Å². The topological polar surface area (TPSA) is 3.24 Å². The van der Waals surface area contributed by atoms with Crippen molar-refractivity contribution in [2.24, 2.45) is 0 Å². The summed E-state index contributed by atoms with van der Waals surface area (Å²) in [5.41, 5.74) is 4.19. The number of hydrogen-bond acceptors (Lipinski definition) is 1. The molecule has 0 atom stereocenters. The van der Waals surface area contributed by atoms with E-state index in [4.69, 9.17) is 11.6 Å². The van der Waals surface area contributed by atoms with Gasteiger partial charge in [-0.1, -0.05) is 57.9 Å². The maximum Gasteiger partial charge on any atom is 0.0237 e. The molecule has 0 aliphatic heterocycles. The Kier molecular flexibility index (Phi) is 6.78. The lowest BCUT2D eigenvalue weighted by Crippen LogP contribution is -2.27. The third-order valence-electron chi connectivity index (χ3n) is 2.31. The molecule has 0 saturated heterocycles. The van der Waals surface area contributed by atoms with Gasteiger partial charge < -0.3 is 0 Å². The van der Waals surface area contributed by atoms with Crippen LogP contribution in [-0.2, 0) is 6.54 Å². The molecule has 0 N–H and O–H groups in total. The predicted octanol–water partition coefficient (Wildman–Crippen LogP) is 4.03. The van der Waals surface area contributed by atoms with Gasteiger partial charge in [-0.05, 0) is 18.1 Å². The van der Waals surface area contributed by atoms with E-state index in [0.29, 0.717) is 0 Å². The average molecular weight is 303 g/mol. The van der Waals surface area contributed by atoms with Crippen LogP contribution in [0.2, 0.25) is 0 Å². The first-order chi connectivity index (χ1) is 7.76. The molecule has 1 aromatic rings. The highest BCUT2D eigenvalue weighted by Gasteiger charge is 2.05. The molecule has 0 aromatic heterocycles. The smallest absolute Gasteiger partial charge is 0.0237 e. The molecule has 0 bridgehead atoms. The summed E-state index contributed by atoms with van der Waals surface area (Å²) < 4.78 is 0. The Balaban J connectivity index is 2.57. The van der Waals surface area contributed by atoms with Crippen LogP contribution in [0.1, 0.15) is 12.5 Å². The van der Waals surface area contributed by atoms with Crippen molar-refractivity contribution in [2.75, 3.05) is 18.4 Å². The predicted molar refractivity (Wildman–Crippen MR) is 75.1 cm³/mol. The summed E-state index contributed by atoms with van der Waals surface area (Å²) >= 11 is 9.18. The van der Waals surface area contributed by atoms with E-state index in [9.17, 15) is 0 Å². The van der Waals surface area contributed by atoms with Gasteiger partial charge >= 0.3 is 0 Å². The van der Waals surface area contributed by atoms with Gasteiger partial charge in [0.15, 0.2) is 0 Å². The van der Waals surface area contributed by atoms with Crippen molar-refractivity contribution in [3.05, 3.63) is 47.0 Å². The summed E-state index contributed by atoms with van der Waals surface area (Å²) in [5, 5.41) is 0.982. The molecule has 88 valence electrons. The van der Waals surface area contributed by atoms with Crippen molar-refractivity contribution < 1.29 is 0 Å². The Morgan fingerprint density at radius 2 is 2.06 bits per heavy atom. The first-order valence-electron chi connectivity index (χ1n) is 5.34. The molecule has 0 unspecified atom stereocenters. The van der Waals surface area contributed by atoms with Crippen LogP contribution in [0, 0.1) is 0 Å². The van der Waals surface area contributed by atoms with Crippen LogP contribution in [0.4, 0.5) is 0 Å². The van der Waals surface area contributed by atoms with Gasteiger partial charge in [0.25, 0.3) is 0 Å². The normalized spacial score (nSPS) is 12.1. The van der Waals surface area contributed by atoms with E-state index in [1.165, 1.54) is 11.1 Å². The summed E-state index contributed by atoms with van der Waals surface area (Å²) in [5.74, 6) is 0. The first kappa shape index (κ1) is 13.8. The van der Waals surface area contributed by atoms with Crippen LogP contribution < -0.4 is 0 Å². The van der Waals surface area contributed by atoms with Gasteiger partial charge in [-0.2, -0.15) is 0 Å². The van der Waals surface area contributed by atoms with E-state index in [0.717, 1.165) is 25.0 Å². The Morgan fingerprint density at radius 3 is 2.62 bits per heavy atom. The van der Waals surface area contributed by atoms with E-state index in [1.54, 1.807) is 5.54 Å². The minimum absolute atomic E-state index is 0.921. The van der Waals surface area contributed by atoms with Crippen molar-refractivity contribution in [2.45, 2.75) is 13.5 Å². The average Bonchev–Trinajstić information content (AvgIpc) is 2.30. The van der Waals surface area contributed by atoms with Crippen molar-refractivity contribution >= 4 is 27.5 Å². The molecule has 0 spiro atoms. The number of nitrogens with zero attached hydrogens (tertiary/aromatic N) is 1. The highest BCUT2D eigenvalue weighted by Crippen LogP contribution is 2.08. The molecule has 1 rings (SSSR count). The van der Waals surface area contributed by atoms with E-state index in [1.807, 2.05) is 6.07 Å². The van der Waals surface area contributed by atoms with Gasteiger partial charge in [0, 0.05) is 30.5 Å². The van der Waals surface area contributed by atoms with Gasteiger partial charge in [-0.25, -0.2) is 0 Å². The lowest BCUT2D eigenvalue weighted by atomic mass is 10.2. The summed E-state index contributed by atoms with van der Waals surface area (Å²) in [6, 6.07) is 10.5. The molecule has 0 saturated carbocycles. The van der Waals surface area contributed by atoms with Gasteiger partial charge in [0.1, 0.15) is 0 Å². The van der Waals surface area contributed by atoms with Crippen LogP contribution in [0.15, 0.2) is 41.4 Å². The summed E-state index contributed by atoms with van der Waals surface area (Å²) in [7, 11) is 0. The summed E-state index contributed by atoms with van der Waals surface area (Å²) in [6.45, 7) is 4.97. The zero-order chi connectivity index (χ0) is 11.8. The van der Waals surface area contributed by atoms with Gasteiger partial charge in [-0.15, -0.1) is 0 Å². The molecule has 3 heteroatoms. The minimum Gasteiger partial charge on any atom is -0.294 e. The van der Waals surface area contributed by atoms with Gasteiger partial charge in [-0.3, -0.25) is 4.90 Å². The molecule has 0 amide bonds. The summed E-state index contributed by atoms with van der Waals surface area (Å²) in [4.78, 5) is 2.37. The van der Waals surface area contributed by atoms with Crippen molar-refractivity contribution in [3.63, 3.8) is 0 Å². The zero-order valence-electron chi connectivity index (χ0n) is 9.50. The molecule has 16 heavy (non-hydrogen) atoms. The standard InChI is InChI=1S/C13H17BrClN/c1-12(9-15)10-16(8-7-14)11-13-5-3-2-4-6-13/h2-6,9H,7-8,10-11H2,1H3/b12-9-. The molecular formula is C13H17BrClN. The fourth-order valence-electron chi connectivity index (χ4n) is 1.56. The molecule has 1 nitrogen and oxygen atoms in total. The van der Waals surface area contributed by atoms with Crippen molar-refractivity contribution in [1.82, 2.24) is 4.90 Å². The maximum atomic E-state index is 5.70. The minimum atomic E-state index is 0.921. The Bertz CT molecular complexity index is 324. The SMILES string of the molecule is C/C(=C/Cl)CN(CCBr)Cc1ccccc1. The number of halogens is 2. The molecule has 0 radical (unpaired) electrons. The molecule has 0 aliphatic rings. The van der Waals surface area contributed by atoms with E-state index in [2.05, 4.69) is 52.0 Å². The highest BCUT2D eigenvalue weighted by molar-refractivity contribution is 9.09. The fourth-order valence-corrected chi connectivity index (χ4v) is 2.13. The first-order valence-corrected chi connectivity index (χ1v) is 6.90.